The number of nitrogens with zero attached hydrogens (tertiary/aromatic N) is 4. The van der Waals surface area contributed by atoms with Crippen LogP contribution in [0.1, 0.15) is 20.3 Å². The van der Waals surface area contributed by atoms with Crippen LogP contribution in [0.5, 0.6) is 0 Å². The van der Waals surface area contributed by atoms with Crippen LogP contribution in [0.3, 0.4) is 0 Å². The summed E-state index contributed by atoms with van der Waals surface area (Å²) in [7, 11) is 1.67. The molecule has 1 aliphatic rings. The number of halogens is 1. The standard InChI is InChI=1S/C6H7ClN4O2.C3H8/c1-10-5(8-4(7)9-10)11-2-3-13-6(11)12;1-3-2/h2-3H2,1H3;3H2,1-2H3. The molecule has 1 saturated heterocycles. The van der Waals surface area contributed by atoms with E-state index in [1.807, 2.05) is 0 Å². The summed E-state index contributed by atoms with van der Waals surface area (Å²) in [5, 5.41) is 3.93. The molecule has 2 heterocycles. The highest BCUT2D eigenvalue weighted by atomic mass is 35.5. The minimum Gasteiger partial charge on any atom is -0.447 e. The SMILES string of the molecule is CCC.Cn1nc(Cl)nc1N1CCOC1=O. The number of aryl methyl sites for hydroxylation is 1. The van der Waals surface area contributed by atoms with Gasteiger partial charge in [0.1, 0.15) is 6.61 Å². The number of aromatic nitrogens is 3. The fourth-order valence-electron chi connectivity index (χ4n) is 1.16. The number of hydrogen-bond acceptors (Lipinski definition) is 4. The van der Waals surface area contributed by atoms with Crippen molar-refractivity contribution in [3.8, 4) is 0 Å². The van der Waals surface area contributed by atoms with Crippen molar-refractivity contribution in [1.82, 2.24) is 14.8 Å². The van der Waals surface area contributed by atoms with Gasteiger partial charge < -0.3 is 4.74 Å². The number of rotatable bonds is 1. The molecule has 0 N–H and O–H groups in total. The first-order chi connectivity index (χ1) is 7.60. The number of anilines is 1. The third-order valence-electron chi connectivity index (χ3n) is 1.72. The largest absolute Gasteiger partial charge is 0.447 e. The van der Waals surface area contributed by atoms with E-state index in [2.05, 4.69) is 23.9 Å². The molecule has 1 aliphatic heterocycles. The summed E-state index contributed by atoms with van der Waals surface area (Å²) in [6.45, 7) is 5.12. The summed E-state index contributed by atoms with van der Waals surface area (Å²) in [4.78, 5) is 16.4. The van der Waals surface area contributed by atoms with Crippen LogP contribution in [0.4, 0.5) is 10.7 Å². The molecule has 0 saturated carbocycles. The molecule has 0 aromatic carbocycles. The van der Waals surface area contributed by atoms with Gasteiger partial charge in [0.05, 0.1) is 6.54 Å². The van der Waals surface area contributed by atoms with Crippen LogP contribution in [0.15, 0.2) is 0 Å². The molecule has 1 aromatic heterocycles. The van der Waals surface area contributed by atoms with Crippen LogP contribution in [-0.4, -0.2) is 34.0 Å². The van der Waals surface area contributed by atoms with Gasteiger partial charge in [-0.05, 0) is 11.6 Å². The van der Waals surface area contributed by atoms with Crippen LogP contribution in [-0.2, 0) is 11.8 Å². The fourth-order valence-corrected chi connectivity index (χ4v) is 1.34. The zero-order valence-electron chi connectivity index (χ0n) is 9.60. The predicted molar refractivity (Wildman–Crippen MR) is 60.7 cm³/mol. The average molecular weight is 247 g/mol. The summed E-state index contributed by atoms with van der Waals surface area (Å²) >= 11 is 5.57. The van der Waals surface area contributed by atoms with E-state index in [1.54, 1.807) is 7.05 Å². The minimum absolute atomic E-state index is 0.122. The molecule has 1 aromatic rings. The highest BCUT2D eigenvalue weighted by molar-refractivity contribution is 6.28. The first-order valence-corrected chi connectivity index (χ1v) is 5.48. The van der Waals surface area contributed by atoms with Crippen LogP contribution in [0.2, 0.25) is 5.28 Å². The molecule has 0 bridgehead atoms. The van der Waals surface area contributed by atoms with Gasteiger partial charge in [0.2, 0.25) is 11.2 Å². The summed E-state index contributed by atoms with van der Waals surface area (Å²) in [5.74, 6) is 0.410. The highest BCUT2D eigenvalue weighted by Gasteiger charge is 2.27. The Hall–Kier alpha value is -1.30. The molecule has 0 unspecified atom stereocenters. The maximum atomic E-state index is 11.1. The van der Waals surface area contributed by atoms with E-state index in [0.717, 1.165) is 0 Å². The lowest BCUT2D eigenvalue weighted by atomic mass is 10.6. The Labute approximate surface area is 99.2 Å². The monoisotopic (exact) mass is 246 g/mol. The maximum absolute atomic E-state index is 11.1. The van der Waals surface area contributed by atoms with Crippen molar-refractivity contribution in [2.24, 2.45) is 7.05 Å². The third kappa shape index (κ3) is 2.85. The van der Waals surface area contributed by atoms with Crippen LogP contribution in [0.25, 0.3) is 0 Å². The van der Waals surface area contributed by atoms with E-state index >= 15 is 0 Å². The molecule has 1 fully saturated rings. The van der Waals surface area contributed by atoms with Gasteiger partial charge in [-0.15, -0.1) is 5.10 Å². The lowest BCUT2D eigenvalue weighted by molar-refractivity contribution is 0.181. The second-order valence-electron chi connectivity index (χ2n) is 3.28. The molecule has 6 nitrogen and oxygen atoms in total. The quantitative estimate of drug-likeness (QED) is 0.759. The lowest BCUT2D eigenvalue weighted by Crippen LogP contribution is -2.26. The molecule has 0 atom stereocenters. The smallest absolute Gasteiger partial charge is 0.416 e. The second-order valence-corrected chi connectivity index (χ2v) is 3.62. The Morgan fingerprint density at radius 3 is 2.50 bits per heavy atom. The lowest BCUT2D eigenvalue weighted by Gasteiger charge is -2.09. The first kappa shape index (κ1) is 12.8. The minimum atomic E-state index is -0.410. The average Bonchev–Trinajstić information content (AvgIpc) is 2.74. The molecule has 1 amide bonds. The van der Waals surface area contributed by atoms with Crippen LogP contribution in [0, 0.1) is 0 Å². The molecular formula is C9H15ClN4O2. The normalized spacial score (nSPS) is 14.5. The maximum Gasteiger partial charge on any atom is 0.416 e. The van der Waals surface area contributed by atoms with E-state index in [1.165, 1.54) is 16.0 Å². The Bertz CT molecular complexity index is 366. The van der Waals surface area contributed by atoms with Gasteiger partial charge in [0, 0.05) is 7.05 Å². The van der Waals surface area contributed by atoms with Crippen molar-refractivity contribution in [2.75, 3.05) is 18.1 Å². The van der Waals surface area contributed by atoms with E-state index < -0.39 is 6.09 Å². The summed E-state index contributed by atoms with van der Waals surface area (Å²) in [5.41, 5.74) is 0. The van der Waals surface area contributed by atoms with Crippen molar-refractivity contribution >= 4 is 23.6 Å². The zero-order valence-corrected chi connectivity index (χ0v) is 10.4. The summed E-state index contributed by atoms with van der Waals surface area (Å²) < 4.78 is 6.19. The Balaban J connectivity index is 0.000000386. The van der Waals surface area contributed by atoms with Crippen LogP contribution >= 0.6 is 11.6 Å². The summed E-state index contributed by atoms with van der Waals surface area (Å²) in [6.07, 6.45) is 0.840. The van der Waals surface area contributed by atoms with Crippen molar-refractivity contribution in [3.05, 3.63) is 5.28 Å². The summed E-state index contributed by atoms with van der Waals surface area (Å²) in [6, 6.07) is 0. The molecule has 7 heteroatoms. The van der Waals surface area contributed by atoms with Gasteiger partial charge in [-0.25, -0.2) is 14.4 Å². The Morgan fingerprint density at radius 1 is 1.50 bits per heavy atom. The molecule has 90 valence electrons. The molecule has 0 aliphatic carbocycles. The molecule has 0 radical (unpaired) electrons. The molecule has 16 heavy (non-hydrogen) atoms. The van der Waals surface area contributed by atoms with Gasteiger partial charge in [-0.3, -0.25) is 0 Å². The fraction of sp³-hybridized carbons (Fsp3) is 0.667. The highest BCUT2D eigenvalue weighted by Crippen LogP contribution is 2.16. The first-order valence-electron chi connectivity index (χ1n) is 5.11. The van der Waals surface area contributed by atoms with E-state index in [-0.39, 0.29) is 5.28 Å². The van der Waals surface area contributed by atoms with Gasteiger partial charge in [0.15, 0.2) is 0 Å². The van der Waals surface area contributed by atoms with Crippen molar-refractivity contribution in [1.29, 1.82) is 0 Å². The van der Waals surface area contributed by atoms with Crippen molar-refractivity contribution < 1.29 is 9.53 Å². The van der Waals surface area contributed by atoms with Gasteiger partial charge in [0.25, 0.3) is 0 Å². The number of carbonyl (C=O) groups is 1. The number of carbonyl (C=O) groups excluding carboxylic acids is 1. The number of ether oxygens (including phenoxy) is 1. The van der Waals surface area contributed by atoms with Gasteiger partial charge in [-0.1, -0.05) is 20.3 Å². The Kier molecular flexibility index (Phi) is 4.54. The predicted octanol–water partition coefficient (Wildman–Crippen LogP) is 1.84. The van der Waals surface area contributed by atoms with E-state index in [4.69, 9.17) is 16.3 Å². The van der Waals surface area contributed by atoms with Gasteiger partial charge >= 0.3 is 6.09 Å². The second kappa shape index (κ2) is 5.69. The topological polar surface area (TPSA) is 60.3 Å². The van der Waals surface area contributed by atoms with Crippen molar-refractivity contribution in [3.63, 3.8) is 0 Å². The molecular weight excluding hydrogens is 232 g/mol. The third-order valence-corrected chi connectivity index (χ3v) is 1.88. The zero-order chi connectivity index (χ0) is 12.1. The van der Waals surface area contributed by atoms with Gasteiger partial charge in [-0.2, -0.15) is 4.98 Å². The van der Waals surface area contributed by atoms with Crippen molar-refractivity contribution in [2.45, 2.75) is 20.3 Å². The number of cyclic esters (lactones) is 1. The number of amides is 1. The Morgan fingerprint density at radius 2 is 2.12 bits per heavy atom. The van der Waals surface area contributed by atoms with E-state index in [9.17, 15) is 4.79 Å². The van der Waals surface area contributed by atoms with Crippen LogP contribution < -0.4 is 4.90 Å². The van der Waals surface area contributed by atoms with E-state index in [0.29, 0.717) is 19.1 Å². The number of hydrogen-bond donors (Lipinski definition) is 0. The molecule has 0 spiro atoms. The molecule has 2 rings (SSSR count).